The normalized spacial score (nSPS) is 26.9. The first-order valence-electron chi connectivity index (χ1n) is 6.31. The van der Waals surface area contributed by atoms with E-state index in [9.17, 15) is 4.79 Å². The summed E-state index contributed by atoms with van der Waals surface area (Å²) in [4.78, 5) is 14.1. The van der Waals surface area contributed by atoms with Gasteiger partial charge in [-0.05, 0) is 32.4 Å². The third kappa shape index (κ3) is 2.95. The Kier molecular flexibility index (Phi) is 4.18. The van der Waals surface area contributed by atoms with Crippen molar-refractivity contribution >= 4 is 5.91 Å². The van der Waals surface area contributed by atoms with Crippen molar-refractivity contribution in [2.45, 2.75) is 19.3 Å². The van der Waals surface area contributed by atoms with Crippen LogP contribution >= 0.6 is 0 Å². The Morgan fingerprint density at radius 3 is 2.75 bits per heavy atom. The summed E-state index contributed by atoms with van der Waals surface area (Å²) in [6.45, 7) is 4.51. The van der Waals surface area contributed by atoms with Gasteiger partial charge in [0.1, 0.15) is 0 Å². The maximum Gasteiger partial charge on any atom is 0.225 e. The molecule has 4 nitrogen and oxygen atoms in total. The molecule has 0 radical (unpaired) electrons. The summed E-state index contributed by atoms with van der Waals surface area (Å²) in [6.07, 6.45) is 3.08. The average Bonchev–Trinajstić information content (AvgIpc) is 2.82. The second-order valence-corrected chi connectivity index (χ2v) is 4.97. The van der Waals surface area contributed by atoms with E-state index in [2.05, 4.69) is 5.32 Å². The molecule has 2 heterocycles. The molecule has 1 N–H and O–H groups in total. The van der Waals surface area contributed by atoms with E-state index in [1.165, 1.54) is 0 Å². The first-order chi connectivity index (χ1) is 7.77. The van der Waals surface area contributed by atoms with Crippen LogP contribution in [-0.4, -0.2) is 50.7 Å². The molecule has 0 spiro atoms. The molecule has 1 atom stereocenters. The van der Waals surface area contributed by atoms with Gasteiger partial charge in [-0.3, -0.25) is 4.79 Å². The number of amides is 1. The quantitative estimate of drug-likeness (QED) is 0.761. The van der Waals surface area contributed by atoms with E-state index in [4.69, 9.17) is 4.74 Å². The molecule has 16 heavy (non-hydrogen) atoms. The minimum absolute atomic E-state index is 0.244. The maximum atomic E-state index is 12.1. The van der Waals surface area contributed by atoms with Crippen molar-refractivity contribution in [2.24, 2.45) is 11.8 Å². The average molecular weight is 226 g/mol. The molecule has 1 unspecified atom stereocenters. The topological polar surface area (TPSA) is 41.6 Å². The predicted molar refractivity (Wildman–Crippen MR) is 62.2 cm³/mol. The summed E-state index contributed by atoms with van der Waals surface area (Å²) >= 11 is 0. The van der Waals surface area contributed by atoms with Gasteiger partial charge in [0.15, 0.2) is 0 Å². The molecule has 2 saturated heterocycles. The zero-order valence-corrected chi connectivity index (χ0v) is 10.1. The van der Waals surface area contributed by atoms with Crippen molar-refractivity contribution in [3.8, 4) is 0 Å². The molecule has 2 fully saturated rings. The van der Waals surface area contributed by atoms with E-state index in [0.29, 0.717) is 11.8 Å². The fraction of sp³-hybridized carbons (Fsp3) is 0.917. The Balaban J connectivity index is 1.78. The molecule has 2 rings (SSSR count). The van der Waals surface area contributed by atoms with Crippen LogP contribution in [0.3, 0.4) is 0 Å². The van der Waals surface area contributed by atoms with Crippen molar-refractivity contribution in [1.29, 1.82) is 0 Å². The van der Waals surface area contributed by atoms with Crippen molar-refractivity contribution in [1.82, 2.24) is 10.2 Å². The highest BCUT2D eigenvalue weighted by atomic mass is 16.5. The molecule has 92 valence electrons. The smallest absolute Gasteiger partial charge is 0.225 e. The molecular formula is C12H22N2O2. The molecule has 2 aliphatic heterocycles. The van der Waals surface area contributed by atoms with Crippen molar-refractivity contribution in [3.05, 3.63) is 0 Å². The van der Waals surface area contributed by atoms with E-state index in [-0.39, 0.29) is 5.92 Å². The van der Waals surface area contributed by atoms with Crippen LogP contribution in [0.2, 0.25) is 0 Å². The number of ether oxygens (including phenoxy) is 1. The van der Waals surface area contributed by atoms with E-state index in [1.54, 1.807) is 0 Å². The molecule has 0 aromatic rings. The Hall–Kier alpha value is -0.610. The molecule has 0 aliphatic carbocycles. The van der Waals surface area contributed by atoms with Crippen molar-refractivity contribution < 1.29 is 9.53 Å². The highest BCUT2D eigenvalue weighted by molar-refractivity contribution is 5.78. The minimum Gasteiger partial charge on any atom is -0.381 e. The van der Waals surface area contributed by atoms with E-state index in [0.717, 1.165) is 52.1 Å². The number of piperidine rings is 1. The number of nitrogens with zero attached hydrogens (tertiary/aromatic N) is 1. The van der Waals surface area contributed by atoms with Gasteiger partial charge in [0.2, 0.25) is 5.91 Å². The van der Waals surface area contributed by atoms with Crippen LogP contribution in [-0.2, 0) is 9.53 Å². The molecule has 0 bridgehead atoms. The van der Waals surface area contributed by atoms with Crippen LogP contribution in [0.1, 0.15) is 19.3 Å². The van der Waals surface area contributed by atoms with Crippen LogP contribution in [0, 0.1) is 11.8 Å². The van der Waals surface area contributed by atoms with Gasteiger partial charge in [-0.15, -0.1) is 0 Å². The number of nitrogens with one attached hydrogen (secondary N) is 1. The van der Waals surface area contributed by atoms with Gasteiger partial charge in [0.05, 0.1) is 6.61 Å². The second kappa shape index (κ2) is 5.64. The van der Waals surface area contributed by atoms with Crippen LogP contribution in [0.15, 0.2) is 0 Å². The van der Waals surface area contributed by atoms with Gasteiger partial charge in [-0.1, -0.05) is 0 Å². The van der Waals surface area contributed by atoms with Gasteiger partial charge in [-0.2, -0.15) is 0 Å². The highest BCUT2D eigenvalue weighted by Crippen LogP contribution is 2.18. The summed E-state index contributed by atoms with van der Waals surface area (Å²) in [6, 6.07) is 0. The lowest BCUT2D eigenvalue weighted by Gasteiger charge is -2.28. The van der Waals surface area contributed by atoms with Gasteiger partial charge in [0.25, 0.3) is 0 Å². The Bertz CT molecular complexity index is 233. The van der Waals surface area contributed by atoms with Crippen LogP contribution in [0.4, 0.5) is 0 Å². The summed E-state index contributed by atoms with van der Waals surface area (Å²) in [5, 5.41) is 3.29. The van der Waals surface area contributed by atoms with Crippen molar-refractivity contribution in [2.75, 3.05) is 39.9 Å². The number of hydrogen-bond acceptors (Lipinski definition) is 3. The van der Waals surface area contributed by atoms with Crippen LogP contribution < -0.4 is 5.32 Å². The number of carbonyl (C=O) groups excluding carboxylic acids is 1. The lowest BCUT2D eigenvalue weighted by Crippen LogP contribution is -2.41. The summed E-state index contributed by atoms with van der Waals surface area (Å²) in [5.74, 6) is 1.12. The van der Waals surface area contributed by atoms with Crippen LogP contribution in [0.5, 0.6) is 0 Å². The molecule has 4 heteroatoms. The van der Waals surface area contributed by atoms with E-state index >= 15 is 0 Å². The number of carbonyl (C=O) groups is 1. The molecule has 0 aromatic heterocycles. The van der Waals surface area contributed by atoms with Crippen LogP contribution in [0.25, 0.3) is 0 Å². The molecule has 0 aromatic carbocycles. The van der Waals surface area contributed by atoms with Gasteiger partial charge >= 0.3 is 0 Å². The standard InChI is InChI=1S/C12H22N2O2/c1-14(8-10-4-7-16-9-10)12(15)11-2-5-13-6-3-11/h10-11,13H,2-9H2,1H3. The van der Waals surface area contributed by atoms with Gasteiger partial charge in [0, 0.05) is 32.0 Å². The SMILES string of the molecule is CN(CC1CCOC1)C(=O)C1CCNCC1. The first-order valence-corrected chi connectivity index (χ1v) is 6.31. The largest absolute Gasteiger partial charge is 0.381 e. The third-order valence-electron chi connectivity index (χ3n) is 3.62. The van der Waals surface area contributed by atoms with Crippen molar-refractivity contribution in [3.63, 3.8) is 0 Å². The zero-order valence-electron chi connectivity index (χ0n) is 10.1. The van der Waals surface area contributed by atoms with E-state index < -0.39 is 0 Å². The fourth-order valence-electron chi connectivity index (χ4n) is 2.59. The maximum absolute atomic E-state index is 12.1. The molecular weight excluding hydrogens is 204 g/mol. The number of hydrogen-bond donors (Lipinski definition) is 1. The molecule has 2 aliphatic rings. The third-order valence-corrected chi connectivity index (χ3v) is 3.62. The van der Waals surface area contributed by atoms with E-state index in [1.807, 2.05) is 11.9 Å². The summed E-state index contributed by atoms with van der Waals surface area (Å²) in [7, 11) is 1.93. The highest BCUT2D eigenvalue weighted by Gasteiger charge is 2.26. The monoisotopic (exact) mass is 226 g/mol. The lowest BCUT2D eigenvalue weighted by molar-refractivity contribution is -0.135. The minimum atomic E-state index is 0.244. The van der Waals surface area contributed by atoms with Gasteiger partial charge < -0.3 is 15.0 Å². The Morgan fingerprint density at radius 2 is 2.12 bits per heavy atom. The molecule has 0 saturated carbocycles. The lowest BCUT2D eigenvalue weighted by atomic mass is 9.96. The predicted octanol–water partition coefficient (Wildman–Crippen LogP) is 0.481. The Labute approximate surface area is 97.3 Å². The molecule has 1 amide bonds. The number of rotatable bonds is 3. The Morgan fingerprint density at radius 1 is 1.38 bits per heavy atom. The summed E-state index contributed by atoms with van der Waals surface area (Å²) < 4.78 is 5.34. The van der Waals surface area contributed by atoms with Gasteiger partial charge in [-0.25, -0.2) is 0 Å². The zero-order chi connectivity index (χ0) is 11.4. The first kappa shape index (κ1) is 11.9. The second-order valence-electron chi connectivity index (χ2n) is 4.97. The fourth-order valence-corrected chi connectivity index (χ4v) is 2.59. The summed E-state index contributed by atoms with van der Waals surface area (Å²) in [5.41, 5.74) is 0.